The molecular formula is C17H18N4. The lowest BCUT2D eigenvalue weighted by Gasteiger charge is -2.40. The van der Waals surface area contributed by atoms with Crippen LogP contribution in [-0.2, 0) is 0 Å². The Morgan fingerprint density at radius 1 is 1.19 bits per heavy atom. The van der Waals surface area contributed by atoms with Crippen molar-refractivity contribution in [1.82, 2.24) is 15.2 Å². The molecule has 2 N–H and O–H groups in total. The van der Waals surface area contributed by atoms with Crippen molar-refractivity contribution in [3.8, 4) is 11.3 Å². The molecule has 0 amide bonds. The van der Waals surface area contributed by atoms with Crippen molar-refractivity contribution in [1.29, 1.82) is 0 Å². The molecule has 1 fully saturated rings. The summed E-state index contributed by atoms with van der Waals surface area (Å²) in [6, 6.07) is 8.50. The first kappa shape index (κ1) is 11.4. The van der Waals surface area contributed by atoms with E-state index in [1.54, 1.807) is 0 Å². The second kappa shape index (κ2) is 3.91. The van der Waals surface area contributed by atoms with Gasteiger partial charge in [0.1, 0.15) is 5.69 Å². The fraction of sp³-hybridized carbons (Fsp3) is 0.353. The normalized spacial score (nSPS) is 17.7. The number of nitrogens with one attached hydrogen (secondary N) is 2. The molecule has 3 aliphatic heterocycles. The van der Waals surface area contributed by atoms with E-state index in [0.717, 1.165) is 5.69 Å². The third-order valence-corrected chi connectivity index (χ3v) is 5.12. The van der Waals surface area contributed by atoms with E-state index in [9.17, 15) is 0 Å². The summed E-state index contributed by atoms with van der Waals surface area (Å²) in [7, 11) is 0. The van der Waals surface area contributed by atoms with Gasteiger partial charge in [-0.15, -0.1) is 0 Å². The molecule has 1 saturated heterocycles. The van der Waals surface area contributed by atoms with Crippen molar-refractivity contribution < 1.29 is 0 Å². The summed E-state index contributed by atoms with van der Waals surface area (Å²) in [4.78, 5) is 6.00. The number of para-hydroxylation sites is 1. The molecule has 4 nitrogen and oxygen atoms in total. The lowest BCUT2D eigenvalue weighted by molar-refractivity contribution is 0.466. The van der Waals surface area contributed by atoms with E-state index >= 15 is 0 Å². The van der Waals surface area contributed by atoms with Crippen LogP contribution in [0.2, 0.25) is 0 Å². The summed E-state index contributed by atoms with van der Waals surface area (Å²) in [6.45, 7) is 4.49. The largest absolute Gasteiger partial charge is 0.368 e. The molecule has 3 aromatic rings. The highest BCUT2D eigenvalue weighted by Gasteiger charge is 2.36. The predicted molar refractivity (Wildman–Crippen MR) is 84.8 cm³/mol. The van der Waals surface area contributed by atoms with Crippen LogP contribution in [0.5, 0.6) is 0 Å². The number of aromatic amines is 2. The summed E-state index contributed by atoms with van der Waals surface area (Å²) < 4.78 is 0. The molecule has 0 aliphatic carbocycles. The number of hydrogen-bond donors (Lipinski definition) is 2. The zero-order valence-corrected chi connectivity index (χ0v) is 12.1. The third kappa shape index (κ3) is 1.42. The SMILES string of the molecule is Cc1[nH]c2ccccc2c1-c1n[nH]c2c1N1CCC2CC1. The molecule has 1 aromatic carbocycles. The van der Waals surface area contributed by atoms with E-state index in [1.807, 2.05) is 0 Å². The minimum Gasteiger partial charge on any atom is -0.368 e. The average molecular weight is 278 g/mol. The Balaban J connectivity index is 1.80. The topological polar surface area (TPSA) is 47.7 Å². The standard InChI is InChI=1S/C17H18N4/c1-10-14(12-4-2-3-5-13(12)18-10)16-17-15(19-20-16)11-6-8-21(17)9-7-11/h2-5,11,18H,6-9H2,1H3,(H,19,20). The second-order valence-corrected chi connectivity index (χ2v) is 6.27. The Morgan fingerprint density at radius 2 is 2.00 bits per heavy atom. The monoisotopic (exact) mass is 278 g/mol. The molecule has 0 atom stereocenters. The quantitative estimate of drug-likeness (QED) is 0.715. The van der Waals surface area contributed by atoms with Gasteiger partial charge in [-0.3, -0.25) is 5.10 Å². The first-order valence-electron chi connectivity index (χ1n) is 7.74. The first-order chi connectivity index (χ1) is 10.3. The van der Waals surface area contributed by atoms with Crippen molar-refractivity contribution >= 4 is 16.6 Å². The van der Waals surface area contributed by atoms with E-state index in [0.29, 0.717) is 5.92 Å². The molecule has 2 bridgehead atoms. The number of H-pyrrole nitrogens is 2. The minimum atomic E-state index is 0.678. The summed E-state index contributed by atoms with van der Waals surface area (Å²) in [6.07, 6.45) is 2.53. The van der Waals surface area contributed by atoms with Gasteiger partial charge in [0, 0.05) is 41.2 Å². The van der Waals surface area contributed by atoms with Gasteiger partial charge in [0.2, 0.25) is 0 Å². The zero-order chi connectivity index (χ0) is 14.0. The number of benzene rings is 1. The highest BCUT2D eigenvalue weighted by atomic mass is 15.2. The molecular weight excluding hydrogens is 260 g/mol. The molecule has 0 unspecified atom stereocenters. The third-order valence-electron chi connectivity index (χ3n) is 5.12. The predicted octanol–water partition coefficient (Wildman–Crippen LogP) is 3.56. The molecule has 3 aliphatic rings. The van der Waals surface area contributed by atoms with E-state index in [2.05, 4.69) is 46.2 Å². The smallest absolute Gasteiger partial charge is 0.118 e. The van der Waals surface area contributed by atoms with E-state index in [-0.39, 0.29) is 0 Å². The van der Waals surface area contributed by atoms with Crippen LogP contribution in [0.25, 0.3) is 22.2 Å². The maximum absolute atomic E-state index is 4.71. The Labute approximate surface area is 123 Å². The van der Waals surface area contributed by atoms with Crippen LogP contribution in [-0.4, -0.2) is 28.3 Å². The van der Waals surface area contributed by atoms with Gasteiger partial charge >= 0.3 is 0 Å². The number of fused-ring (bicyclic) bond motifs is 3. The number of anilines is 1. The van der Waals surface area contributed by atoms with Crippen molar-refractivity contribution in [2.45, 2.75) is 25.7 Å². The first-order valence-corrected chi connectivity index (χ1v) is 7.74. The Kier molecular flexibility index (Phi) is 2.13. The Bertz CT molecular complexity index is 834. The van der Waals surface area contributed by atoms with Gasteiger partial charge in [-0.2, -0.15) is 5.10 Å². The summed E-state index contributed by atoms with van der Waals surface area (Å²) in [5, 5.41) is 9.31. The maximum Gasteiger partial charge on any atom is 0.118 e. The van der Waals surface area contributed by atoms with Crippen LogP contribution in [0.15, 0.2) is 24.3 Å². The number of aryl methyl sites for hydroxylation is 1. The van der Waals surface area contributed by atoms with Crippen LogP contribution >= 0.6 is 0 Å². The average Bonchev–Trinajstić information content (AvgIpc) is 3.09. The fourth-order valence-electron chi connectivity index (χ4n) is 4.10. The van der Waals surface area contributed by atoms with Crippen LogP contribution in [0.3, 0.4) is 0 Å². The van der Waals surface area contributed by atoms with Crippen LogP contribution < -0.4 is 4.90 Å². The second-order valence-electron chi connectivity index (χ2n) is 6.27. The van der Waals surface area contributed by atoms with Gasteiger partial charge < -0.3 is 9.88 Å². The number of piperidine rings is 1. The highest BCUT2D eigenvalue weighted by molar-refractivity contribution is 6.00. The molecule has 5 heterocycles. The van der Waals surface area contributed by atoms with Crippen molar-refractivity contribution in [2.24, 2.45) is 0 Å². The van der Waals surface area contributed by atoms with Gasteiger partial charge in [0.15, 0.2) is 0 Å². The van der Waals surface area contributed by atoms with Crippen molar-refractivity contribution in [3.05, 3.63) is 35.7 Å². The number of aromatic nitrogens is 3. The molecule has 0 spiro atoms. The number of hydrogen-bond acceptors (Lipinski definition) is 2. The Hall–Kier alpha value is -2.23. The maximum atomic E-state index is 4.71. The lowest BCUT2D eigenvalue weighted by Crippen LogP contribution is -2.38. The molecule has 2 aromatic heterocycles. The highest BCUT2D eigenvalue weighted by Crippen LogP contribution is 2.47. The van der Waals surface area contributed by atoms with Gasteiger partial charge in [-0.1, -0.05) is 18.2 Å². The van der Waals surface area contributed by atoms with Crippen LogP contribution in [0.1, 0.15) is 30.1 Å². The van der Waals surface area contributed by atoms with Crippen molar-refractivity contribution in [2.75, 3.05) is 18.0 Å². The number of nitrogens with zero attached hydrogens (tertiary/aromatic N) is 2. The van der Waals surface area contributed by atoms with E-state index < -0.39 is 0 Å². The summed E-state index contributed by atoms with van der Waals surface area (Å²) in [5.41, 5.74) is 7.49. The van der Waals surface area contributed by atoms with Crippen LogP contribution in [0, 0.1) is 6.92 Å². The molecule has 106 valence electrons. The fourth-order valence-corrected chi connectivity index (χ4v) is 4.10. The zero-order valence-electron chi connectivity index (χ0n) is 12.1. The van der Waals surface area contributed by atoms with Gasteiger partial charge in [-0.05, 0) is 25.8 Å². The van der Waals surface area contributed by atoms with Crippen LogP contribution in [0.4, 0.5) is 5.69 Å². The van der Waals surface area contributed by atoms with Gasteiger partial charge in [0.25, 0.3) is 0 Å². The Morgan fingerprint density at radius 3 is 2.86 bits per heavy atom. The summed E-state index contributed by atoms with van der Waals surface area (Å²) >= 11 is 0. The number of rotatable bonds is 1. The van der Waals surface area contributed by atoms with E-state index in [1.165, 1.54) is 59.5 Å². The molecule has 0 radical (unpaired) electrons. The lowest BCUT2D eigenvalue weighted by atomic mass is 9.86. The van der Waals surface area contributed by atoms with E-state index in [4.69, 9.17) is 5.10 Å². The molecule has 4 heteroatoms. The minimum absolute atomic E-state index is 0.678. The van der Waals surface area contributed by atoms with Crippen molar-refractivity contribution in [3.63, 3.8) is 0 Å². The molecule has 6 rings (SSSR count). The summed E-state index contributed by atoms with van der Waals surface area (Å²) in [5.74, 6) is 0.678. The van der Waals surface area contributed by atoms with Gasteiger partial charge in [-0.25, -0.2) is 0 Å². The molecule has 21 heavy (non-hydrogen) atoms. The molecule has 0 saturated carbocycles. The van der Waals surface area contributed by atoms with Gasteiger partial charge in [0.05, 0.1) is 11.4 Å².